The number of ether oxygens (including phenoxy) is 1. The molecule has 2 aromatic rings. The van der Waals surface area contributed by atoms with Crippen LogP contribution in [-0.4, -0.2) is 44.8 Å². The van der Waals surface area contributed by atoms with Crippen molar-refractivity contribution in [1.29, 1.82) is 0 Å². The Morgan fingerprint density at radius 3 is 2.96 bits per heavy atom. The van der Waals surface area contributed by atoms with Crippen LogP contribution in [0.3, 0.4) is 0 Å². The van der Waals surface area contributed by atoms with Gasteiger partial charge in [-0.1, -0.05) is 0 Å². The number of anilines is 1. The lowest BCUT2D eigenvalue weighted by molar-refractivity contribution is 0.0873. The zero-order valence-corrected chi connectivity index (χ0v) is 14.5. The van der Waals surface area contributed by atoms with Gasteiger partial charge in [0.1, 0.15) is 24.4 Å². The van der Waals surface area contributed by atoms with Crippen LogP contribution in [0.4, 0.5) is 5.82 Å². The van der Waals surface area contributed by atoms with E-state index in [4.69, 9.17) is 4.74 Å². The number of aromatic nitrogens is 4. The molecule has 7 nitrogen and oxygen atoms in total. The average molecular weight is 331 g/mol. The minimum atomic E-state index is -0.561. The van der Waals surface area contributed by atoms with Crippen molar-refractivity contribution in [1.82, 2.24) is 19.5 Å². The normalized spacial score (nSPS) is 19.5. The molecule has 2 unspecified atom stereocenters. The minimum Gasteiger partial charge on any atom is -0.385 e. The number of piperidine rings is 1. The molecule has 2 atom stereocenters. The highest BCUT2D eigenvalue weighted by atomic mass is 16.5. The predicted molar refractivity (Wildman–Crippen MR) is 90.6 cm³/mol. The molecule has 130 valence electrons. The first kappa shape index (κ1) is 16.9. The molecule has 1 aliphatic heterocycles. The van der Waals surface area contributed by atoms with E-state index < -0.39 is 6.10 Å². The number of aryl methyl sites for hydroxylation is 2. The zero-order valence-electron chi connectivity index (χ0n) is 14.5. The first-order valence-corrected chi connectivity index (χ1v) is 8.32. The van der Waals surface area contributed by atoms with E-state index in [1.807, 2.05) is 30.8 Å². The van der Waals surface area contributed by atoms with Crippen molar-refractivity contribution in [3.05, 3.63) is 35.8 Å². The molecule has 3 heterocycles. The van der Waals surface area contributed by atoms with Crippen LogP contribution < -0.4 is 4.90 Å². The molecule has 0 radical (unpaired) electrons. The van der Waals surface area contributed by atoms with Crippen molar-refractivity contribution < 1.29 is 9.84 Å². The number of aliphatic hydroxyl groups is 1. The third kappa shape index (κ3) is 3.57. The summed E-state index contributed by atoms with van der Waals surface area (Å²) in [6.07, 6.45) is 5.04. The number of hydrogen-bond donors (Lipinski definition) is 1. The van der Waals surface area contributed by atoms with Crippen LogP contribution in [0, 0.1) is 12.8 Å². The fourth-order valence-corrected chi connectivity index (χ4v) is 3.32. The molecule has 1 fully saturated rings. The molecule has 0 aromatic carbocycles. The highest BCUT2D eigenvalue weighted by Crippen LogP contribution is 2.30. The molecule has 0 bridgehead atoms. The van der Waals surface area contributed by atoms with Crippen molar-refractivity contribution in [2.24, 2.45) is 13.0 Å². The molecule has 7 heteroatoms. The topological polar surface area (TPSA) is 76.3 Å². The summed E-state index contributed by atoms with van der Waals surface area (Å²) in [5.41, 5.74) is 0.929. The molecule has 1 aliphatic rings. The van der Waals surface area contributed by atoms with Gasteiger partial charge in [0.05, 0.1) is 0 Å². The summed E-state index contributed by atoms with van der Waals surface area (Å²) >= 11 is 0. The highest BCUT2D eigenvalue weighted by Gasteiger charge is 2.30. The second-order valence-electron chi connectivity index (χ2n) is 6.41. The monoisotopic (exact) mass is 331 g/mol. The number of imidazole rings is 1. The van der Waals surface area contributed by atoms with E-state index in [1.165, 1.54) is 0 Å². The van der Waals surface area contributed by atoms with Gasteiger partial charge in [-0.3, -0.25) is 0 Å². The van der Waals surface area contributed by atoms with E-state index in [0.29, 0.717) is 12.4 Å². The van der Waals surface area contributed by atoms with Crippen LogP contribution in [0.25, 0.3) is 0 Å². The summed E-state index contributed by atoms with van der Waals surface area (Å²) in [5.74, 6) is 2.47. The van der Waals surface area contributed by atoms with Crippen molar-refractivity contribution in [3.63, 3.8) is 0 Å². The number of nitrogens with zero attached hydrogens (tertiary/aromatic N) is 5. The highest BCUT2D eigenvalue weighted by molar-refractivity contribution is 5.40. The Hall–Kier alpha value is -1.99. The van der Waals surface area contributed by atoms with E-state index in [9.17, 15) is 5.11 Å². The van der Waals surface area contributed by atoms with Crippen LogP contribution >= 0.6 is 0 Å². The first-order chi connectivity index (χ1) is 11.6. The van der Waals surface area contributed by atoms with E-state index in [0.717, 1.165) is 43.3 Å². The Bertz CT molecular complexity index is 687. The maximum absolute atomic E-state index is 10.7. The maximum atomic E-state index is 10.7. The van der Waals surface area contributed by atoms with Crippen molar-refractivity contribution in [3.8, 4) is 0 Å². The molecule has 0 aliphatic carbocycles. The van der Waals surface area contributed by atoms with Crippen molar-refractivity contribution in [2.45, 2.75) is 32.5 Å². The smallest absolute Gasteiger partial charge is 0.156 e. The van der Waals surface area contributed by atoms with E-state index in [1.54, 1.807) is 13.3 Å². The summed E-state index contributed by atoms with van der Waals surface area (Å²) in [6, 6.07) is 1.99. The maximum Gasteiger partial charge on any atom is 0.156 e. The average Bonchev–Trinajstić information content (AvgIpc) is 3.00. The molecule has 0 saturated carbocycles. The van der Waals surface area contributed by atoms with Gasteiger partial charge in [0.2, 0.25) is 0 Å². The quantitative estimate of drug-likeness (QED) is 0.897. The Kier molecular flexibility index (Phi) is 5.11. The van der Waals surface area contributed by atoms with Gasteiger partial charge < -0.3 is 19.3 Å². The van der Waals surface area contributed by atoms with Gasteiger partial charge in [-0.2, -0.15) is 0 Å². The van der Waals surface area contributed by atoms with Gasteiger partial charge in [0, 0.05) is 57.3 Å². The van der Waals surface area contributed by atoms with Crippen LogP contribution in [0.1, 0.15) is 36.3 Å². The molecule has 1 saturated heterocycles. The molecular formula is C17H25N5O2. The lowest BCUT2D eigenvalue weighted by atomic mass is 9.92. The fourth-order valence-electron chi connectivity index (χ4n) is 3.32. The van der Waals surface area contributed by atoms with Crippen molar-refractivity contribution in [2.75, 3.05) is 25.1 Å². The van der Waals surface area contributed by atoms with Gasteiger partial charge in [-0.15, -0.1) is 0 Å². The number of aliphatic hydroxyl groups excluding tert-OH is 1. The summed E-state index contributed by atoms with van der Waals surface area (Å²) < 4.78 is 7.04. The Balaban J connectivity index is 1.77. The third-order valence-electron chi connectivity index (χ3n) is 4.51. The summed E-state index contributed by atoms with van der Waals surface area (Å²) in [5, 5.41) is 10.7. The number of rotatable bonds is 5. The van der Waals surface area contributed by atoms with Gasteiger partial charge in [-0.05, 0) is 19.8 Å². The Morgan fingerprint density at radius 2 is 2.25 bits per heavy atom. The summed E-state index contributed by atoms with van der Waals surface area (Å²) in [6.45, 7) is 4.07. The second-order valence-corrected chi connectivity index (χ2v) is 6.41. The minimum absolute atomic E-state index is 0.140. The largest absolute Gasteiger partial charge is 0.385 e. The molecule has 24 heavy (non-hydrogen) atoms. The van der Waals surface area contributed by atoms with Gasteiger partial charge in [0.25, 0.3) is 0 Å². The fraction of sp³-hybridized carbons (Fsp3) is 0.588. The van der Waals surface area contributed by atoms with Gasteiger partial charge in [-0.25, -0.2) is 15.0 Å². The zero-order chi connectivity index (χ0) is 17.1. The summed E-state index contributed by atoms with van der Waals surface area (Å²) in [7, 11) is 3.56. The summed E-state index contributed by atoms with van der Waals surface area (Å²) in [4.78, 5) is 15.5. The molecule has 1 N–H and O–H groups in total. The number of hydrogen-bond acceptors (Lipinski definition) is 6. The standard InChI is InChI=1S/C17H25N5O2/c1-12-9-15(20-14(19-12)11-24-3)22-7-4-5-13(10-22)16(23)17-18-6-8-21(17)2/h6,8-9,13,16,23H,4-5,7,10-11H2,1-3H3. The molecule has 0 amide bonds. The number of methoxy groups -OCH3 is 1. The Labute approximate surface area is 142 Å². The molecule has 0 spiro atoms. The SMILES string of the molecule is COCc1nc(C)cc(N2CCCC(C(O)c3nccn3C)C2)n1. The van der Waals surface area contributed by atoms with Crippen LogP contribution in [0.15, 0.2) is 18.5 Å². The van der Waals surface area contributed by atoms with E-state index in [2.05, 4.69) is 19.9 Å². The van der Waals surface area contributed by atoms with Crippen LogP contribution in [-0.2, 0) is 18.4 Å². The first-order valence-electron chi connectivity index (χ1n) is 8.32. The van der Waals surface area contributed by atoms with E-state index >= 15 is 0 Å². The van der Waals surface area contributed by atoms with Gasteiger partial charge >= 0.3 is 0 Å². The lowest BCUT2D eigenvalue weighted by Gasteiger charge is -2.35. The predicted octanol–water partition coefficient (Wildman–Crippen LogP) is 1.61. The second kappa shape index (κ2) is 7.27. The lowest BCUT2D eigenvalue weighted by Crippen LogP contribution is -2.39. The van der Waals surface area contributed by atoms with Gasteiger partial charge in [0.15, 0.2) is 5.82 Å². The molecule has 2 aromatic heterocycles. The van der Waals surface area contributed by atoms with Crippen LogP contribution in [0.5, 0.6) is 0 Å². The van der Waals surface area contributed by atoms with Crippen LogP contribution in [0.2, 0.25) is 0 Å². The van der Waals surface area contributed by atoms with E-state index in [-0.39, 0.29) is 5.92 Å². The van der Waals surface area contributed by atoms with Crippen molar-refractivity contribution >= 4 is 5.82 Å². The Morgan fingerprint density at radius 1 is 1.42 bits per heavy atom. The molecular weight excluding hydrogens is 306 g/mol. The third-order valence-corrected chi connectivity index (χ3v) is 4.51. The molecule has 3 rings (SSSR count).